The number of nitrogens with zero attached hydrogens (tertiary/aromatic N) is 3. The first kappa shape index (κ1) is 20.5. The fourth-order valence-electron chi connectivity index (χ4n) is 3.97. The molecule has 0 bridgehead atoms. The topological polar surface area (TPSA) is 57.1 Å². The SMILES string of the molecule is Cc1ccc(CSC2=NN3C(=c4ccccc4=NC3c3cc(C)ccc3C)C(=O)N2)cc1. The molecule has 160 valence electrons. The molecular weight excluding hydrogens is 416 g/mol. The number of rotatable bonds is 3. The first-order valence-electron chi connectivity index (χ1n) is 10.6. The number of nitrogens with one attached hydrogen (secondary N) is 1. The van der Waals surface area contributed by atoms with Crippen molar-refractivity contribution in [2.75, 3.05) is 0 Å². The minimum absolute atomic E-state index is 0.149. The van der Waals surface area contributed by atoms with Gasteiger partial charge in [0.2, 0.25) is 0 Å². The number of hydrogen-bond acceptors (Lipinski definition) is 5. The number of para-hydroxylation sites is 1. The highest BCUT2D eigenvalue weighted by atomic mass is 32.2. The predicted octanol–water partition coefficient (Wildman–Crippen LogP) is 3.69. The first-order chi connectivity index (χ1) is 15.5. The van der Waals surface area contributed by atoms with Crippen molar-refractivity contribution in [2.45, 2.75) is 32.7 Å². The molecule has 2 aliphatic heterocycles. The quantitative estimate of drug-likeness (QED) is 0.676. The molecule has 1 atom stereocenters. The van der Waals surface area contributed by atoms with Gasteiger partial charge in [0.05, 0.1) is 5.36 Å². The highest BCUT2D eigenvalue weighted by molar-refractivity contribution is 8.13. The van der Waals surface area contributed by atoms with Crippen molar-refractivity contribution < 1.29 is 4.79 Å². The summed E-state index contributed by atoms with van der Waals surface area (Å²) in [6, 6.07) is 22.5. The third-order valence-corrected chi connectivity index (χ3v) is 6.66. The molecule has 32 heavy (non-hydrogen) atoms. The van der Waals surface area contributed by atoms with E-state index >= 15 is 0 Å². The van der Waals surface area contributed by atoms with Crippen LogP contribution in [-0.4, -0.2) is 16.1 Å². The summed E-state index contributed by atoms with van der Waals surface area (Å²) in [6.45, 7) is 6.22. The lowest BCUT2D eigenvalue weighted by atomic mass is 10.0. The monoisotopic (exact) mass is 440 g/mol. The van der Waals surface area contributed by atoms with E-state index in [4.69, 9.17) is 10.1 Å². The van der Waals surface area contributed by atoms with Crippen LogP contribution in [0.4, 0.5) is 0 Å². The van der Waals surface area contributed by atoms with Gasteiger partial charge in [0.15, 0.2) is 11.3 Å². The summed E-state index contributed by atoms with van der Waals surface area (Å²) in [6.07, 6.45) is -0.388. The molecule has 5 nitrogen and oxygen atoms in total. The average Bonchev–Trinajstić information content (AvgIpc) is 2.79. The van der Waals surface area contributed by atoms with E-state index in [1.807, 2.05) is 24.3 Å². The fourth-order valence-corrected chi connectivity index (χ4v) is 4.78. The van der Waals surface area contributed by atoms with Crippen LogP contribution in [0.5, 0.6) is 0 Å². The second-order valence-electron chi connectivity index (χ2n) is 8.21. The number of hydrazone groups is 1. The summed E-state index contributed by atoms with van der Waals surface area (Å²) in [5.41, 5.74) is 6.29. The minimum Gasteiger partial charge on any atom is -0.298 e. The smallest absolute Gasteiger partial charge is 0.276 e. The Morgan fingerprint density at radius 1 is 0.969 bits per heavy atom. The summed E-state index contributed by atoms with van der Waals surface area (Å²) < 4.78 is 0. The number of thioether (sulfide) groups is 1. The molecule has 5 rings (SSSR count). The van der Waals surface area contributed by atoms with Crippen LogP contribution in [0.1, 0.15) is 34.0 Å². The average molecular weight is 441 g/mol. The van der Waals surface area contributed by atoms with E-state index in [0.717, 1.165) is 33.0 Å². The van der Waals surface area contributed by atoms with E-state index in [0.29, 0.717) is 10.9 Å². The Hall–Kier alpha value is -3.38. The Morgan fingerprint density at radius 2 is 1.72 bits per heavy atom. The molecule has 2 aliphatic rings. The number of amides is 1. The van der Waals surface area contributed by atoms with Gasteiger partial charge in [-0.2, -0.15) is 0 Å². The molecule has 0 radical (unpaired) electrons. The van der Waals surface area contributed by atoms with Crippen molar-refractivity contribution >= 4 is 28.5 Å². The van der Waals surface area contributed by atoms with Crippen molar-refractivity contribution in [3.8, 4) is 0 Å². The molecule has 6 heteroatoms. The highest BCUT2D eigenvalue weighted by Crippen LogP contribution is 2.33. The summed E-state index contributed by atoms with van der Waals surface area (Å²) in [5, 5.41) is 11.8. The van der Waals surface area contributed by atoms with Gasteiger partial charge in [-0.1, -0.05) is 83.6 Å². The van der Waals surface area contributed by atoms with Crippen LogP contribution < -0.4 is 15.9 Å². The standard InChI is InChI=1S/C26H24N4OS/c1-16-9-12-19(13-10-16)15-32-26-28-25(31)23-20-6-4-5-7-22(20)27-24(30(23)29-26)21-14-17(2)8-11-18(21)3/h4-14,24H,15H2,1-3H3,(H,28,29,31). The summed E-state index contributed by atoms with van der Waals surface area (Å²) in [7, 11) is 0. The fraction of sp³-hybridized carbons (Fsp3) is 0.192. The van der Waals surface area contributed by atoms with E-state index in [2.05, 4.69) is 68.6 Å². The van der Waals surface area contributed by atoms with E-state index in [9.17, 15) is 4.79 Å². The van der Waals surface area contributed by atoms with Gasteiger partial charge in [0.1, 0.15) is 5.70 Å². The zero-order valence-corrected chi connectivity index (χ0v) is 19.1. The molecule has 0 aromatic heterocycles. The van der Waals surface area contributed by atoms with E-state index < -0.39 is 0 Å². The van der Waals surface area contributed by atoms with Crippen LogP contribution in [0.25, 0.3) is 5.70 Å². The summed E-state index contributed by atoms with van der Waals surface area (Å²) >= 11 is 1.52. The molecule has 3 aromatic rings. The number of benzene rings is 3. The van der Waals surface area contributed by atoms with Crippen LogP contribution in [0.2, 0.25) is 0 Å². The molecule has 0 saturated heterocycles. The first-order valence-corrected chi connectivity index (χ1v) is 11.6. The summed E-state index contributed by atoms with van der Waals surface area (Å²) in [4.78, 5) is 18.3. The minimum atomic E-state index is -0.388. The molecule has 1 amide bonds. The van der Waals surface area contributed by atoms with Crippen LogP contribution in [0, 0.1) is 20.8 Å². The Morgan fingerprint density at radius 3 is 2.53 bits per heavy atom. The Bertz CT molecular complexity index is 1360. The largest absolute Gasteiger partial charge is 0.298 e. The van der Waals surface area contributed by atoms with Crippen molar-refractivity contribution in [1.82, 2.24) is 10.3 Å². The van der Waals surface area contributed by atoms with Crippen molar-refractivity contribution in [3.63, 3.8) is 0 Å². The van der Waals surface area contributed by atoms with Gasteiger partial charge < -0.3 is 0 Å². The van der Waals surface area contributed by atoms with Crippen LogP contribution in [-0.2, 0) is 10.5 Å². The lowest BCUT2D eigenvalue weighted by molar-refractivity contribution is -0.116. The maximum absolute atomic E-state index is 13.3. The Kier molecular flexibility index (Phi) is 5.31. The molecule has 0 spiro atoms. The van der Waals surface area contributed by atoms with Gasteiger partial charge in [-0.3, -0.25) is 15.1 Å². The Balaban J connectivity index is 1.58. The zero-order chi connectivity index (χ0) is 22.2. The van der Waals surface area contributed by atoms with Gasteiger partial charge in [0, 0.05) is 16.5 Å². The van der Waals surface area contributed by atoms with Crippen molar-refractivity contribution in [2.24, 2.45) is 10.1 Å². The molecule has 0 saturated carbocycles. The second kappa shape index (κ2) is 8.28. The highest BCUT2D eigenvalue weighted by Gasteiger charge is 2.35. The van der Waals surface area contributed by atoms with Gasteiger partial charge >= 0.3 is 0 Å². The van der Waals surface area contributed by atoms with Crippen molar-refractivity contribution in [1.29, 1.82) is 0 Å². The number of fused-ring (bicyclic) bond motifs is 2. The molecule has 0 aliphatic carbocycles. The molecule has 1 N–H and O–H groups in total. The molecule has 3 aromatic carbocycles. The van der Waals surface area contributed by atoms with Gasteiger partial charge in [0.25, 0.3) is 5.91 Å². The number of amidine groups is 1. The Labute approximate surface area is 191 Å². The summed E-state index contributed by atoms with van der Waals surface area (Å²) in [5.74, 6) is 0.578. The number of hydrogen-bond donors (Lipinski definition) is 1. The molecular formula is C26H24N4OS. The van der Waals surface area contributed by atoms with E-state index in [1.165, 1.54) is 22.9 Å². The maximum Gasteiger partial charge on any atom is 0.276 e. The lowest BCUT2D eigenvalue weighted by Gasteiger charge is -2.34. The molecule has 2 heterocycles. The van der Waals surface area contributed by atoms with Gasteiger partial charge in [-0.05, 0) is 38.0 Å². The third kappa shape index (κ3) is 3.82. The number of carbonyl (C=O) groups is 1. The van der Waals surface area contributed by atoms with Crippen LogP contribution in [0.3, 0.4) is 0 Å². The lowest BCUT2D eigenvalue weighted by Crippen LogP contribution is -2.50. The molecule has 0 fully saturated rings. The van der Waals surface area contributed by atoms with Gasteiger partial charge in [-0.15, -0.1) is 5.10 Å². The number of aryl methyl sites for hydroxylation is 3. The second-order valence-corrected chi connectivity index (χ2v) is 9.17. The molecule has 1 unspecified atom stereocenters. The zero-order valence-electron chi connectivity index (χ0n) is 18.3. The van der Waals surface area contributed by atoms with E-state index in [1.54, 1.807) is 5.01 Å². The van der Waals surface area contributed by atoms with Crippen LogP contribution >= 0.6 is 11.8 Å². The normalized spacial score (nSPS) is 17.2. The maximum atomic E-state index is 13.3. The third-order valence-electron chi connectivity index (χ3n) is 5.72. The van der Waals surface area contributed by atoms with Gasteiger partial charge in [-0.25, -0.2) is 5.01 Å². The van der Waals surface area contributed by atoms with Crippen LogP contribution in [0.15, 0.2) is 76.8 Å². The van der Waals surface area contributed by atoms with E-state index in [-0.39, 0.29) is 12.1 Å². The van der Waals surface area contributed by atoms with Crippen molar-refractivity contribution in [3.05, 3.63) is 105 Å². The predicted molar refractivity (Wildman–Crippen MR) is 129 cm³/mol. The number of carbonyl (C=O) groups excluding carboxylic acids is 1.